The molecular weight excluding hydrogens is 254 g/mol. The summed E-state index contributed by atoms with van der Waals surface area (Å²) in [6.45, 7) is 0. The maximum absolute atomic E-state index is 11.9. The SMILES string of the molecule is O=C1CCc2cc(OC(=O)c3ccccc3)ccc2N1. The first-order chi connectivity index (χ1) is 9.72. The Kier molecular flexibility index (Phi) is 3.21. The second kappa shape index (κ2) is 5.17. The van der Waals surface area contributed by atoms with Gasteiger partial charge in [0.25, 0.3) is 0 Å². The highest BCUT2D eigenvalue weighted by Gasteiger charge is 2.16. The zero-order valence-corrected chi connectivity index (χ0v) is 10.8. The maximum atomic E-state index is 11.9. The molecule has 2 aromatic rings. The van der Waals surface area contributed by atoms with Crippen molar-refractivity contribution in [2.45, 2.75) is 12.8 Å². The van der Waals surface area contributed by atoms with Gasteiger partial charge in [0.2, 0.25) is 5.91 Å². The molecule has 0 atom stereocenters. The molecule has 2 aromatic carbocycles. The van der Waals surface area contributed by atoms with Crippen molar-refractivity contribution in [1.82, 2.24) is 0 Å². The van der Waals surface area contributed by atoms with Crippen molar-refractivity contribution in [3.05, 3.63) is 59.7 Å². The average Bonchev–Trinajstić information content (AvgIpc) is 2.48. The second-order valence-electron chi connectivity index (χ2n) is 4.62. The van der Waals surface area contributed by atoms with Gasteiger partial charge in [0.15, 0.2) is 0 Å². The summed E-state index contributed by atoms with van der Waals surface area (Å²) < 4.78 is 5.34. The van der Waals surface area contributed by atoms with Crippen LogP contribution in [-0.2, 0) is 11.2 Å². The van der Waals surface area contributed by atoms with E-state index in [0.29, 0.717) is 24.2 Å². The number of aryl methyl sites for hydroxylation is 1. The van der Waals surface area contributed by atoms with Crippen molar-refractivity contribution in [3.63, 3.8) is 0 Å². The van der Waals surface area contributed by atoms with E-state index >= 15 is 0 Å². The minimum absolute atomic E-state index is 0.0199. The monoisotopic (exact) mass is 267 g/mol. The average molecular weight is 267 g/mol. The molecule has 0 bridgehead atoms. The Labute approximate surface area is 116 Å². The summed E-state index contributed by atoms with van der Waals surface area (Å²) in [7, 11) is 0. The summed E-state index contributed by atoms with van der Waals surface area (Å²) in [6.07, 6.45) is 1.13. The molecule has 100 valence electrons. The Hall–Kier alpha value is -2.62. The summed E-state index contributed by atoms with van der Waals surface area (Å²) in [5.74, 6) is 0.130. The molecule has 0 radical (unpaired) electrons. The van der Waals surface area contributed by atoms with Crippen LogP contribution in [-0.4, -0.2) is 11.9 Å². The molecule has 3 rings (SSSR count). The van der Waals surface area contributed by atoms with E-state index in [0.717, 1.165) is 11.3 Å². The third-order valence-electron chi connectivity index (χ3n) is 3.19. The number of rotatable bonds is 2. The lowest BCUT2D eigenvalue weighted by Crippen LogP contribution is -2.19. The van der Waals surface area contributed by atoms with Gasteiger partial charge < -0.3 is 10.1 Å². The molecule has 1 aliphatic rings. The molecule has 4 heteroatoms. The van der Waals surface area contributed by atoms with Crippen LogP contribution in [0.2, 0.25) is 0 Å². The lowest BCUT2D eigenvalue weighted by molar-refractivity contribution is -0.116. The van der Waals surface area contributed by atoms with Crippen molar-refractivity contribution in [2.75, 3.05) is 5.32 Å². The summed E-state index contributed by atoms with van der Waals surface area (Å²) in [6, 6.07) is 14.1. The smallest absolute Gasteiger partial charge is 0.343 e. The molecule has 20 heavy (non-hydrogen) atoms. The standard InChI is InChI=1S/C16H13NO3/c18-15-9-6-12-10-13(7-8-14(12)17-15)20-16(19)11-4-2-1-3-5-11/h1-5,7-8,10H,6,9H2,(H,17,18). The van der Waals surface area contributed by atoms with Gasteiger partial charge >= 0.3 is 5.97 Å². The van der Waals surface area contributed by atoms with E-state index in [4.69, 9.17) is 4.74 Å². The molecule has 1 aliphatic heterocycles. The van der Waals surface area contributed by atoms with E-state index in [9.17, 15) is 9.59 Å². The van der Waals surface area contributed by atoms with Gasteiger partial charge in [-0.3, -0.25) is 4.79 Å². The van der Waals surface area contributed by atoms with Crippen LogP contribution in [0.1, 0.15) is 22.3 Å². The number of nitrogens with one attached hydrogen (secondary N) is 1. The van der Waals surface area contributed by atoms with Crippen molar-refractivity contribution in [2.24, 2.45) is 0 Å². The third kappa shape index (κ3) is 2.54. The fourth-order valence-corrected chi connectivity index (χ4v) is 2.16. The number of benzene rings is 2. The number of carbonyl (C=O) groups is 2. The quantitative estimate of drug-likeness (QED) is 0.672. The predicted octanol–water partition coefficient (Wildman–Crippen LogP) is 2.79. The molecular formula is C16H13NO3. The summed E-state index contributed by atoms with van der Waals surface area (Å²) >= 11 is 0. The van der Waals surface area contributed by atoms with Crippen LogP contribution in [0.4, 0.5) is 5.69 Å². The Morgan fingerprint density at radius 3 is 2.65 bits per heavy atom. The van der Waals surface area contributed by atoms with E-state index in [1.165, 1.54) is 0 Å². The van der Waals surface area contributed by atoms with Crippen LogP contribution in [0.15, 0.2) is 48.5 Å². The molecule has 1 N–H and O–H groups in total. The maximum Gasteiger partial charge on any atom is 0.343 e. The summed E-state index contributed by atoms with van der Waals surface area (Å²) in [5, 5.41) is 2.79. The third-order valence-corrected chi connectivity index (χ3v) is 3.19. The van der Waals surface area contributed by atoms with Crippen molar-refractivity contribution in [1.29, 1.82) is 0 Å². The zero-order valence-electron chi connectivity index (χ0n) is 10.8. The highest BCUT2D eigenvalue weighted by atomic mass is 16.5. The molecule has 0 spiro atoms. The second-order valence-corrected chi connectivity index (χ2v) is 4.62. The summed E-state index contributed by atoms with van der Waals surface area (Å²) in [5.41, 5.74) is 2.29. The summed E-state index contributed by atoms with van der Waals surface area (Å²) in [4.78, 5) is 23.2. The number of hydrogen-bond donors (Lipinski definition) is 1. The van der Waals surface area contributed by atoms with E-state index in [1.807, 2.05) is 6.07 Å². The normalized spacial score (nSPS) is 13.3. The fraction of sp³-hybridized carbons (Fsp3) is 0.125. The number of amides is 1. The number of fused-ring (bicyclic) bond motifs is 1. The molecule has 0 aliphatic carbocycles. The first kappa shape index (κ1) is 12.4. The minimum Gasteiger partial charge on any atom is -0.423 e. The number of ether oxygens (including phenoxy) is 1. The van der Waals surface area contributed by atoms with Crippen LogP contribution in [0, 0.1) is 0 Å². The van der Waals surface area contributed by atoms with Crippen molar-refractivity contribution >= 4 is 17.6 Å². The zero-order chi connectivity index (χ0) is 13.9. The van der Waals surface area contributed by atoms with Gasteiger partial charge in [0.1, 0.15) is 5.75 Å². The van der Waals surface area contributed by atoms with Gasteiger partial charge in [0, 0.05) is 12.1 Å². The Morgan fingerprint density at radius 2 is 1.85 bits per heavy atom. The molecule has 0 aromatic heterocycles. The first-order valence-corrected chi connectivity index (χ1v) is 6.42. The lowest BCUT2D eigenvalue weighted by atomic mass is 10.0. The van der Waals surface area contributed by atoms with E-state index < -0.39 is 0 Å². The molecule has 1 heterocycles. The Balaban J connectivity index is 1.79. The molecule has 4 nitrogen and oxygen atoms in total. The van der Waals surface area contributed by atoms with Gasteiger partial charge in [-0.05, 0) is 42.3 Å². The van der Waals surface area contributed by atoms with Crippen LogP contribution in [0.3, 0.4) is 0 Å². The molecule has 0 unspecified atom stereocenters. The molecule has 0 saturated carbocycles. The van der Waals surface area contributed by atoms with Crippen molar-refractivity contribution < 1.29 is 14.3 Å². The Morgan fingerprint density at radius 1 is 1.05 bits per heavy atom. The van der Waals surface area contributed by atoms with Crippen LogP contribution in [0.5, 0.6) is 5.75 Å². The van der Waals surface area contributed by atoms with E-state index in [2.05, 4.69) is 5.32 Å². The number of esters is 1. The van der Waals surface area contributed by atoms with Crippen LogP contribution in [0.25, 0.3) is 0 Å². The Bertz CT molecular complexity index is 665. The molecule has 0 fully saturated rings. The van der Waals surface area contributed by atoms with Gasteiger partial charge in [0.05, 0.1) is 5.56 Å². The van der Waals surface area contributed by atoms with Gasteiger partial charge in [-0.15, -0.1) is 0 Å². The largest absolute Gasteiger partial charge is 0.423 e. The predicted molar refractivity (Wildman–Crippen MR) is 74.8 cm³/mol. The molecule has 0 saturated heterocycles. The first-order valence-electron chi connectivity index (χ1n) is 6.42. The number of anilines is 1. The van der Waals surface area contributed by atoms with Crippen molar-refractivity contribution in [3.8, 4) is 5.75 Å². The van der Waals surface area contributed by atoms with Gasteiger partial charge in [-0.1, -0.05) is 18.2 Å². The van der Waals surface area contributed by atoms with E-state index in [-0.39, 0.29) is 11.9 Å². The van der Waals surface area contributed by atoms with Gasteiger partial charge in [-0.25, -0.2) is 4.79 Å². The van der Waals surface area contributed by atoms with Crippen LogP contribution >= 0.6 is 0 Å². The highest BCUT2D eigenvalue weighted by molar-refractivity contribution is 5.94. The van der Waals surface area contributed by atoms with Gasteiger partial charge in [-0.2, -0.15) is 0 Å². The number of hydrogen-bond acceptors (Lipinski definition) is 3. The van der Waals surface area contributed by atoms with E-state index in [1.54, 1.807) is 42.5 Å². The highest BCUT2D eigenvalue weighted by Crippen LogP contribution is 2.27. The fourth-order valence-electron chi connectivity index (χ4n) is 2.16. The lowest BCUT2D eigenvalue weighted by Gasteiger charge is -2.17. The molecule has 1 amide bonds. The van der Waals surface area contributed by atoms with Crippen LogP contribution < -0.4 is 10.1 Å². The number of carbonyl (C=O) groups excluding carboxylic acids is 2. The minimum atomic E-state index is -0.384. The topological polar surface area (TPSA) is 55.4 Å².